The third-order valence-electron chi connectivity index (χ3n) is 4.05. The molecule has 14 nitrogen and oxygen atoms in total. The number of nitrogens with two attached hydrogens (primary N) is 1. The minimum absolute atomic E-state index is 0.409. The van der Waals surface area contributed by atoms with Crippen molar-refractivity contribution >= 4 is 32.6 Å². The van der Waals surface area contributed by atoms with E-state index in [2.05, 4.69) is 47.2 Å². The highest BCUT2D eigenvalue weighted by Crippen LogP contribution is 2.53. The Bertz CT molecular complexity index is 1040. The van der Waals surface area contributed by atoms with Crippen LogP contribution in [0.1, 0.15) is 24.4 Å². The minimum Gasteiger partial charge on any atom is -0.382 e. The first kappa shape index (κ1) is 25.0. The fraction of sp³-hybridized carbons (Fsp3) is 0.333. The lowest BCUT2D eigenvalue weighted by Crippen LogP contribution is -2.17. The molecule has 7 N–H and O–H groups in total. The quantitative estimate of drug-likeness (QED) is 0.291. The molecule has 170 valence electrons. The van der Waals surface area contributed by atoms with E-state index in [4.69, 9.17) is 25.3 Å². The van der Waals surface area contributed by atoms with Crippen molar-refractivity contribution in [1.29, 1.82) is 0 Å². The van der Waals surface area contributed by atoms with Crippen LogP contribution in [0.5, 0.6) is 0 Å². The Kier molecular flexibility index (Phi) is 8.74. The molecule has 31 heavy (non-hydrogen) atoms. The lowest BCUT2D eigenvalue weighted by atomic mass is 10.1. The number of nitrogens with zero attached hydrogens (tertiary/aromatic N) is 5. The van der Waals surface area contributed by atoms with Crippen molar-refractivity contribution in [3.05, 3.63) is 42.7 Å². The predicted molar refractivity (Wildman–Crippen MR) is 110 cm³/mol. The van der Waals surface area contributed by atoms with Crippen molar-refractivity contribution in [2.24, 2.45) is 0 Å². The van der Waals surface area contributed by atoms with E-state index in [-0.39, 0.29) is 0 Å². The van der Waals surface area contributed by atoms with Gasteiger partial charge in [0.2, 0.25) is 0 Å². The summed E-state index contributed by atoms with van der Waals surface area (Å²) in [5, 5.41) is 0. The van der Waals surface area contributed by atoms with Crippen LogP contribution in [0.3, 0.4) is 0 Å². The second-order valence-electron chi connectivity index (χ2n) is 6.35. The Morgan fingerprint density at radius 3 is 2.39 bits per heavy atom. The van der Waals surface area contributed by atoms with E-state index in [1.54, 1.807) is 0 Å². The summed E-state index contributed by atoms with van der Waals surface area (Å²) in [7, 11) is -7.92. The van der Waals surface area contributed by atoms with Crippen LogP contribution in [-0.2, 0) is 13.4 Å². The molecule has 0 aromatic carbocycles. The lowest BCUT2D eigenvalue weighted by molar-refractivity contribution is 0.225. The Labute approximate surface area is 177 Å². The molecule has 1 atom stereocenters. The molecule has 0 bridgehead atoms. The van der Waals surface area contributed by atoms with Gasteiger partial charge >= 0.3 is 15.6 Å². The Morgan fingerprint density at radius 1 is 1.19 bits per heavy atom. The molecular weight excluding hydrogens is 452 g/mol. The fourth-order valence-electron chi connectivity index (χ4n) is 2.83. The summed E-state index contributed by atoms with van der Waals surface area (Å²) in [4.78, 5) is 51.9. The number of pyridine rings is 1. The number of rotatable bonds is 3. The molecular formula is C15H23N7O7P2. The van der Waals surface area contributed by atoms with Gasteiger partial charge in [-0.2, -0.15) is 4.31 Å². The number of aromatic nitrogens is 5. The van der Waals surface area contributed by atoms with Crippen LogP contribution in [0.4, 0.5) is 5.82 Å². The van der Waals surface area contributed by atoms with E-state index in [0.29, 0.717) is 23.0 Å². The number of nitrogen functional groups attached to an aromatic ring is 1. The molecule has 0 aliphatic carbocycles. The molecule has 16 heteroatoms. The number of likely N-dealkylation sites (tertiary alicyclic amines) is 1. The van der Waals surface area contributed by atoms with Crippen LogP contribution in [0.25, 0.3) is 11.2 Å². The Hall–Kier alpha value is -2.28. The van der Waals surface area contributed by atoms with Crippen LogP contribution < -0.4 is 5.73 Å². The molecule has 0 spiro atoms. The van der Waals surface area contributed by atoms with E-state index in [1.807, 2.05) is 18.5 Å². The molecule has 4 rings (SSSR count). The number of H-pyrrole nitrogens is 1. The molecule has 0 unspecified atom stereocenters. The van der Waals surface area contributed by atoms with E-state index in [1.165, 1.54) is 37.6 Å². The van der Waals surface area contributed by atoms with Gasteiger partial charge in [-0.3, -0.25) is 9.88 Å². The monoisotopic (exact) mass is 475 g/mol. The Morgan fingerprint density at radius 2 is 1.90 bits per heavy atom. The van der Waals surface area contributed by atoms with E-state index >= 15 is 0 Å². The van der Waals surface area contributed by atoms with Crippen LogP contribution in [0, 0.1) is 0 Å². The van der Waals surface area contributed by atoms with Crippen LogP contribution in [-0.4, -0.2) is 63.0 Å². The number of hydrogen-bond donors (Lipinski definition) is 6. The van der Waals surface area contributed by atoms with Crippen LogP contribution in [0.2, 0.25) is 0 Å². The summed E-state index contributed by atoms with van der Waals surface area (Å²) in [6, 6.07) is 4.79. The molecule has 4 heterocycles. The van der Waals surface area contributed by atoms with Gasteiger partial charge in [-0.15, -0.1) is 0 Å². The van der Waals surface area contributed by atoms with Gasteiger partial charge < -0.3 is 30.3 Å². The van der Waals surface area contributed by atoms with Crippen molar-refractivity contribution in [3.63, 3.8) is 0 Å². The van der Waals surface area contributed by atoms with Crippen LogP contribution >= 0.6 is 15.6 Å². The van der Waals surface area contributed by atoms with E-state index in [9.17, 15) is 9.13 Å². The summed E-state index contributed by atoms with van der Waals surface area (Å²) in [5.41, 5.74) is 8.13. The molecule has 0 radical (unpaired) electrons. The molecule has 1 saturated heterocycles. The lowest BCUT2D eigenvalue weighted by Gasteiger charge is -2.18. The van der Waals surface area contributed by atoms with E-state index < -0.39 is 15.6 Å². The number of phosphoric acid groups is 2. The number of hydrogen-bond acceptors (Lipinski definition) is 9. The molecule has 3 aromatic rings. The summed E-state index contributed by atoms with van der Waals surface area (Å²) in [5.74, 6) is 0.409. The SMILES string of the molecule is CN1CCC[C@H]1c1cccnc1.Nc1ncnc2[nH]cnc12.O=P(O)(O)OP(=O)(O)O. The largest absolute Gasteiger partial charge is 0.478 e. The number of anilines is 1. The van der Waals surface area contributed by atoms with Gasteiger partial charge in [-0.25, -0.2) is 24.1 Å². The predicted octanol–water partition coefficient (Wildman–Crippen LogP) is 0.972. The zero-order valence-electron chi connectivity index (χ0n) is 16.4. The number of fused-ring (bicyclic) bond motifs is 1. The topological polar surface area (TPSA) is 221 Å². The second-order valence-corrected chi connectivity index (χ2v) is 8.96. The second kappa shape index (κ2) is 10.8. The number of nitrogens with one attached hydrogen (secondary N) is 1. The maximum absolute atomic E-state index is 9.63. The highest BCUT2D eigenvalue weighted by molar-refractivity contribution is 7.60. The first-order valence-corrected chi connectivity index (χ1v) is 11.8. The van der Waals surface area contributed by atoms with E-state index in [0.717, 1.165) is 0 Å². The molecule has 3 aromatic heterocycles. The number of aromatic amines is 1. The normalized spacial score (nSPS) is 16.9. The van der Waals surface area contributed by atoms with Crippen molar-refractivity contribution in [2.75, 3.05) is 19.3 Å². The van der Waals surface area contributed by atoms with Crippen molar-refractivity contribution in [3.8, 4) is 0 Å². The maximum atomic E-state index is 9.63. The van der Waals surface area contributed by atoms with Crippen molar-refractivity contribution in [2.45, 2.75) is 18.9 Å². The standard InChI is InChI=1S/C10H14N2.C5H5N5.H4O7P2/c1-12-7-3-5-10(12)9-4-2-6-11-8-9;6-4-3-5(9-1-7-3)10-2-8-4;1-8(2,3)7-9(4,5)6/h2,4,6,8,10H,3,5,7H2,1H3;1-2H,(H3,6,7,8,9,10);(H2,1,2,3)(H2,4,5,6)/t10-;;/m0../s1. The number of imidazole rings is 1. The molecule has 1 aliphatic heterocycles. The molecule has 1 fully saturated rings. The average Bonchev–Trinajstić information content (AvgIpc) is 3.30. The molecule has 0 amide bonds. The molecule has 1 aliphatic rings. The third kappa shape index (κ3) is 8.77. The summed E-state index contributed by atoms with van der Waals surface area (Å²) >= 11 is 0. The van der Waals surface area contributed by atoms with Gasteiger partial charge in [0.05, 0.1) is 6.33 Å². The highest BCUT2D eigenvalue weighted by atomic mass is 31.3. The van der Waals surface area contributed by atoms with Gasteiger partial charge in [0.15, 0.2) is 11.5 Å². The van der Waals surface area contributed by atoms with Gasteiger partial charge in [0.1, 0.15) is 11.8 Å². The van der Waals surface area contributed by atoms with Crippen molar-refractivity contribution in [1.82, 2.24) is 29.8 Å². The minimum atomic E-state index is -5.05. The third-order valence-corrected chi connectivity index (χ3v) is 5.75. The van der Waals surface area contributed by atoms with Crippen LogP contribution in [0.15, 0.2) is 37.2 Å². The van der Waals surface area contributed by atoms with Gasteiger partial charge in [-0.05, 0) is 38.1 Å². The zero-order valence-corrected chi connectivity index (χ0v) is 18.2. The first-order valence-electron chi connectivity index (χ1n) is 8.78. The van der Waals surface area contributed by atoms with Crippen molar-refractivity contribution < 1.29 is 33.0 Å². The van der Waals surface area contributed by atoms with Gasteiger partial charge in [0, 0.05) is 18.4 Å². The fourth-order valence-corrected chi connectivity index (χ4v) is 3.93. The summed E-state index contributed by atoms with van der Waals surface area (Å²) in [6.45, 7) is 1.22. The van der Waals surface area contributed by atoms with Gasteiger partial charge in [0.25, 0.3) is 0 Å². The smallest absolute Gasteiger partial charge is 0.382 e. The first-order chi connectivity index (χ1) is 14.5. The Balaban J connectivity index is 0.000000168. The average molecular weight is 475 g/mol. The maximum Gasteiger partial charge on any atom is 0.478 e. The van der Waals surface area contributed by atoms with Gasteiger partial charge in [-0.1, -0.05) is 6.07 Å². The summed E-state index contributed by atoms with van der Waals surface area (Å²) < 4.78 is 22.2. The highest BCUT2D eigenvalue weighted by Gasteiger charge is 2.28. The molecule has 0 saturated carbocycles. The summed E-state index contributed by atoms with van der Waals surface area (Å²) in [6.07, 6.45) is 9.34. The zero-order chi connectivity index (χ0) is 23.1.